The van der Waals surface area contributed by atoms with Crippen LogP contribution < -0.4 is 5.73 Å². The molecule has 17 heavy (non-hydrogen) atoms. The first-order chi connectivity index (χ1) is 8.18. The standard InChI is InChI=1S/C14H20BrNO/c1-10-12(3-2-4-13(10)15)14(16)9-11-5-7-17-8-6-11/h2-4,11,14H,5-9,16H2,1H3. The molecule has 1 fully saturated rings. The Hall–Kier alpha value is -0.380. The first-order valence-electron chi connectivity index (χ1n) is 6.27. The van der Waals surface area contributed by atoms with Crippen molar-refractivity contribution >= 4 is 15.9 Å². The minimum absolute atomic E-state index is 0.149. The number of nitrogens with two attached hydrogens (primary N) is 1. The predicted octanol–water partition coefficient (Wildman–Crippen LogP) is 3.57. The van der Waals surface area contributed by atoms with Crippen LogP contribution in [-0.2, 0) is 4.74 Å². The zero-order chi connectivity index (χ0) is 12.3. The van der Waals surface area contributed by atoms with Crippen LogP contribution in [0.4, 0.5) is 0 Å². The molecule has 1 unspecified atom stereocenters. The third-order valence-electron chi connectivity index (χ3n) is 3.64. The smallest absolute Gasteiger partial charge is 0.0468 e. The predicted molar refractivity (Wildman–Crippen MR) is 74.0 cm³/mol. The molecule has 3 heteroatoms. The maximum atomic E-state index is 6.33. The van der Waals surface area contributed by atoms with Gasteiger partial charge >= 0.3 is 0 Å². The van der Waals surface area contributed by atoms with Gasteiger partial charge < -0.3 is 10.5 Å². The number of hydrogen-bond acceptors (Lipinski definition) is 2. The normalized spacial score (nSPS) is 19.2. The van der Waals surface area contributed by atoms with Crippen LogP contribution in [0, 0.1) is 12.8 Å². The Morgan fingerprint density at radius 1 is 1.41 bits per heavy atom. The van der Waals surface area contributed by atoms with Crippen molar-refractivity contribution in [2.45, 2.75) is 32.2 Å². The molecule has 0 bridgehead atoms. The van der Waals surface area contributed by atoms with Gasteiger partial charge in [-0.1, -0.05) is 28.1 Å². The molecule has 1 aliphatic rings. The van der Waals surface area contributed by atoms with E-state index in [-0.39, 0.29) is 6.04 Å². The third kappa shape index (κ3) is 3.30. The molecule has 0 spiro atoms. The van der Waals surface area contributed by atoms with Gasteiger partial charge in [-0.3, -0.25) is 0 Å². The van der Waals surface area contributed by atoms with Gasteiger partial charge in [0, 0.05) is 23.7 Å². The number of benzene rings is 1. The van der Waals surface area contributed by atoms with Crippen LogP contribution in [-0.4, -0.2) is 13.2 Å². The lowest BCUT2D eigenvalue weighted by Gasteiger charge is -2.25. The lowest BCUT2D eigenvalue weighted by atomic mass is 9.88. The van der Waals surface area contributed by atoms with E-state index in [1.54, 1.807) is 0 Å². The van der Waals surface area contributed by atoms with Crippen LogP contribution in [0.25, 0.3) is 0 Å². The Labute approximate surface area is 112 Å². The summed E-state index contributed by atoms with van der Waals surface area (Å²) in [7, 11) is 0. The first-order valence-corrected chi connectivity index (χ1v) is 7.06. The quantitative estimate of drug-likeness (QED) is 0.926. The van der Waals surface area contributed by atoms with E-state index in [1.165, 1.54) is 11.1 Å². The summed E-state index contributed by atoms with van der Waals surface area (Å²) in [5.41, 5.74) is 8.87. The van der Waals surface area contributed by atoms with E-state index in [0.29, 0.717) is 0 Å². The lowest BCUT2D eigenvalue weighted by molar-refractivity contribution is 0.0618. The number of hydrogen-bond donors (Lipinski definition) is 1. The highest BCUT2D eigenvalue weighted by Crippen LogP contribution is 2.30. The van der Waals surface area contributed by atoms with Crippen LogP contribution in [0.2, 0.25) is 0 Å². The molecule has 1 aromatic carbocycles. The second kappa shape index (κ2) is 5.98. The molecule has 0 aliphatic carbocycles. The average molecular weight is 298 g/mol. The topological polar surface area (TPSA) is 35.2 Å². The van der Waals surface area contributed by atoms with Crippen molar-refractivity contribution in [3.8, 4) is 0 Å². The molecule has 1 aromatic rings. The number of ether oxygens (including phenoxy) is 1. The van der Waals surface area contributed by atoms with Crippen molar-refractivity contribution in [1.82, 2.24) is 0 Å². The van der Waals surface area contributed by atoms with Crippen molar-refractivity contribution in [2.24, 2.45) is 11.7 Å². The van der Waals surface area contributed by atoms with Crippen LogP contribution in [0.5, 0.6) is 0 Å². The first kappa shape index (κ1) is 13.1. The summed E-state index contributed by atoms with van der Waals surface area (Å²) in [4.78, 5) is 0. The van der Waals surface area contributed by atoms with Crippen molar-refractivity contribution in [3.05, 3.63) is 33.8 Å². The number of rotatable bonds is 3. The van der Waals surface area contributed by atoms with E-state index < -0.39 is 0 Å². The minimum Gasteiger partial charge on any atom is -0.381 e. The summed E-state index contributed by atoms with van der Waals surface area (Å²) in [6.07, 6.45) is 3.38. The van der Waals surface area contributed by atoms with E-state index in [2.05, 4.69) is 41.1 Å². The highest BCUT2D eigenvalue weighted by molar-refractivity contribution is 9.10. The molecule has 0 saturated carbocycles. The Morgan fingerprint density at radius 2 is 2.12 bits per heavy atom. The molecule has 2 N–H and O–H groups in total. The molecule has 1 heterocycles. The zero-order valence-corrected chi connectivity index (χ0v) is 11.9. The number of halogens is 1. The fourth-order valence-electron chi connectivity index (χ4n) is 2.49. The van der Waals surface area contributed by atoms with Gasteiger partial charge in [0.25, 0.3) is 0 Å². The Morgan fingerprint density at radius 3 is 2.82 bits per heavy atom. The maximum absolute atomic E-state index is 6.33. The van der Waals surface area contributed by atoms with Gasteiger partial charge in [0.2, 0.25) is 0 Å². The minimum atomic E-state index is 0.149. The molecule has 0 amide bonds. The molecular formula is C14H20BrNO. The second-order valence-corrected chi connectivity index (χ2v) is 5.71. The fraction of sp³-hybridized carbons (Fsp3) is 0.571. The summed E-state index contributed by atoms with van der Waals surface area (Å²) in [5.74, 6) is 0.720. The highest BCUT2D eigenvalue weighted by Gasteiger charge is 2.19. The monoisotopic (exact) mass is 297 g/mol. The molecule has 0 aromatic heterocycles. The van der Waals surface area contributed by atoms with Crippen molar-refractivity contribution < 1.29 is 4.74 Å². The molecule has 1 aliphatic heterocycles. The van der Waals surface area contributed by atoms with Crippen molar-refractivity contribution in [3.63, 3.8) is 0 Å². The largest absolute Gasteiger partial charge is 0.381 e. The van der Waals surface area contributed by atoms with Gasteiger partial charge in [0.05, 0.1) is 0 Å². The Kier molecular flexibility index (Phi) is 4.60. The van der Waals surface area contributed by atoms with E-state index >= 15 is 0 Å². The summed E-state index contributed by atoms with van der Waals surface area (Å²) in [5, 5.41) is 0. The van der Waals surface area contributed by atoms with E-state index in [0.717, 1.165) is 42.9 Å². The molecular weight excluding hydrogens is 278 g/mol. The van der Waals surface area contributed by atoms with Crippen LogP contribution in [0.3, 0.4) is 0 Å². The van der Waals surface area contributed by atoms with Crippen LogP contribution in [0.1, 0.15) is 36.4 Å². The summed E-state index contributed by atoms with van der Waals surface area (Å²) in [6, 6.07) is 6.43. The Bertz CT molecular complexity index is 374. The summed E-state index contributed by atoms with van der Waals surface area (Å²) >= 11 is 3.56. The van der Waals surface area contributed by atoms with Gasteiger partial charge in [-0.05, 0) is 49.3 Å². The molecule has 2 nitrogen and oxygen atoms in total. The van der Waals surface area contributed by atoms with Gasteiger partial charge in [0.15, 0.2) is 0 Å². The zero-order valence-electron chi connectivity index (χ0n) is 10.3. The van der Waals surface area contributed by atoms with Crippen molar-refractivity contribution in [2.75, 3.05) is 13.2 Å². The Balaban J connectivity index is 2.03. The maximum Gasteiger partial charge on any atom is 0.0468 e. The van der Waals surface area contributed by atoms with E-state index in [9.17, 15) is 0 Å². The molecule has 0 radical (unpaired) electrons. The van der Waals surface area contributed by atoms with Crippen LogP contribution in [0.15, 0.2) is 22.7 Å². The van der Waals surface area contributed by atoms with Crippen molar-refractivity contribution in [1.29, 1.82) is 0 Å². The second-order valence-electron chi connectivity index (χ2n) is 4.85. The van der Waals surface area contributed by atoms with Gasteiger partial charge in [-0.2, -0.15) is 0 Å². The molecule has 1 atom stereocenters. The third-order valence-corrected chi connectivity index (χ3v) is 4.50. The molecule has 1 saturated heterocycles. The lowest BCUT2D eigenvalue weighted by Crippen LogP contribution is -2.22. The van der Waals surface area contributed by atoms with Crippen LogP contribution >= 0.6 is 15.9 Å². The van der Waals surface area contributed by atoms with Gasteiger partial charge in [-0.25, -0.2) is 0 Å². The summed E-state index contributed by atoms with van der Waals surface area (Å²) < 4.78 is 6.53. The van der Waals surface area contributed by atoms with Gasteiger partial charge in [-0.15, -0.1) is 0 Å². The van der Waals surface area contributed by atoms with Gasteiger partial charge in [0.1, 0.15) is 0 Å². The fourth-order valence-corrected chi connectivity index (χ4v) is 2.88. The SMILES string of the molecule is Cc1c(Br)cccc1C(N)CC1CCOCC1. The highest BCUT2D eigenvalue weighted by atomic mass is 79.9. The molecule has 94 valence electrons. The average Bonchev–Trinajstić information content (AvgIpc) is 2.34. The van der Waals surface area contributed by atoms with E-state index in [1.807, 2.05) is 0 Å². The molecule has 2 rings (SSSR count). The summed E-state index contributed by atoms with van der Waals surface area (Å²) in [6.45, 7) is 3.92. The van der Waals surface area contributed by atoms with E-state index in [4.69, 9.17) is 10.5 Å².